The van der Waals surface area contributed by atoms with Gasteiger partial charge in [0.2, 0.25) is 11.8 Å². The Kier molecular flexibility index (Phi) is 6.75. The van der Waals surface area contributed by atoms with Gasteiger partial charge in [0, 0.05) is 18.1 Å². The number of carbonyl (C=O) groups excluding carboxylic acids is 2. The third kappa shape index (κ3) is 5.05. The highest BCUT2D eigenvalue weighted by Gasteiger charge is 2.35. The van der Waals surface area contributed by atoms with Crippen LogP contribution in [0.1, 0.15) is 25.0 Å². The molecular weight excluding hydrogens is 355 g/mol. The topological polar surface area (TPSA) is 58.2 Å². The molecule has 0 aliphatic heterocycles. The fourth-order valence-electron chi connectivity index (χ4n) is 2.37. The van der Waals surface area contributed by atoms with Crippen molar-refractivity contribution in [2.75, 3.05) is 6.54 Å². The van der Waals surface area contributed by atoms with Crippen molar-refractivity contribution in [3.8, 4) is 0 Å². The first-order valence-electron chi connectivity index (χ1n) is 8.36. The lowest BCUT2D eigenvalue weighted by molar-refractivity contribution is -0.141. The SMILES string of the molecule is CC(C)(C(=O)NCCc1ccccc1F)C(=O)NCc1ccccc1Cl. The van der Waals surface area contributed by atoms with E-state index < -0.39 is 17.2 Å². The van der Waals surface area contributed by atoms with Crippen molar-refractivity contribution in [1.29, 1.82) is 0 Å². The summed E-state index contributed by atoms with van der Waals surface area (Å²) in [5, 5.41) is 5.99. The zero-order chi connectivity index (χ0) is 19.2. The maximum atomic E-state index is 13.6. The first-order chi connectivity index (χ1) is 12.3. The predicted octanol–water partition coefficient (Wildman–Crippen LogP) is 3.48. The van der Waals surface area contributed by atoms with Gasteiger partial charge in [0.25, 0.3) is 0 Å². The van der Waals surface area contributed by atoms with Gasteiger partial charge in [-0.25, -0.2) is 4.39 Å². The maximum absolute atomic E-state index is 13.6. The van der Waals surface area contributed by atoms with Gasteiger partial charge in [-0.15, -0.1) is 0 Å². The Morgan fingerprint density at radius 3 is 2.19 bits per heavy atom. The Labute approximate surface area is 157 Å². The smallest absolute Gasteiger partial charge is 0.235 e. The van der Waals surface area contributed by atoms with E-state index in [1.807, 2.05) is 12.1 Å². The van der Waals surface area contributed by atoms with Gasteiger partial charge in [0.1, 0.15) is 11.2 Å². The Morgan fingerprint density at radius 2 is 1.54 bits per heavy atom. The third-order valence-corrected chi connectivity index (χ3v) is 4.54. The van der Waals surface area contributed by atoms with Crippen LogP contribution in [0.25, 0.3) is 0 Å². The van der Waals surface area contributed by atoms with Gasteiger partial charge in [-0.2, -0.15) is 0 Å². The summed E-state index contributed by atoms with van der Waals surface area (Å²) in [6.07, 6.45) is 0.357. The van der Waals surface area contributed by atoms with E-state index in [0.717, 1.165) is 5.56 Å². The second kappa shape index (κ2) is 8.81. The molecule has 0 heterocycles. The molecule has 0 atom stereocenters. The van der Waals surface area contributed by atoms with Crippen molar-refractivity contribution < 1.29 is 14.0 Å². The van der Waals surface area contributed by atoms with Crippen molar-refractivity contribution >= 4 is 23.4 Å². The van der Waals surface area contributed by atoms with E-state index in [2.05, 4.69) is 10.6 Å². The molecular formula is C20H22ClFN2O2. The van der Waals surface area contributed by atoms with Crippen LogP contribution in [0.4, 0.5) is 4.39 Å². The van der Waals surface area contributed by atoms with Gasteiger partial charge >= 0.3 is 0 Å². The molecule has 0 fully saturated rings. The van der Waals surface area contributed by atoms with Gasteiger partial charge in [-0.3, -0.25) is 9.59 Å². The van der Waals surface area contributed by atoms with Crippen LogP contribution < -0.4 is 10.6 Å². The van der Waals surface area contributed by atoms with Crippen molar-refractivity contribution in [3.63, 3.8) is 0 Å². The highest BCUT2D eigenvalue weighted by atomic mass is 35.5. The van der Waals surface area contributed by atoms with Crippen LogP contribution in [0.15, 0.2) is 48.5 Å². The summed E-state index contributed by atoms with van der Waals surface area (Å²) in [5.74, 6) is -1.12. The number of amides is 2. The quantitative estimate of drug-likeness (QED) is 0.727. The molecule has 0 saturated carbocycles. The van der Waals surface area contributed by atoms with Crippen molar-refractivity contribution in [2.45, 2.75) is 26.8 Å². The Balaban J connectivity index is 1.87. The maximum Gasteiger partial charge on any atom is 0.235 e. The zero-order valence-corrected chi connectivity index (χ0v) is 15.6. The number of hydrogen-bond donors (Lipinski definition) is 2. The standard InChI is InChI=1S/C20H22ClFN2O2/c1-20(2,19(26)24-13-15-8-3-5-9-16(15)21)18(25)23-12-11-14-7-4-6-10-17(14)22/h3-10H,11-13H2,1-2H3,(H,23,25)(H,24,26). The summed E-state index contributed by atoms with van der Waals surface area (Å²) in [5.41, 5.74) is 0.0447. The molecule has 2 aromatic carbocycles. The number of benzene rings is 2. The fourth-order valence-corrected chi connectivity index (χ4v) is 2.58. The first-order valence-corrected chi connectivity index (χ1v) is 8.73. The van der Waals surface area contributed by atoms with Crippen molar-refractivity contribution in [1.82, 2.24) is 10.6 Å². The minimum Gasteiger partial charge on any atom is -0.355 e. The van der Waals surface area contributed by atoms with E-state index in [1.165, 1.54) is 6.07 Å². The molecule has 138 valence electrons. The van der Waals surface area contributed by atoms with Crippen LogP contribution in [0.5, 0.6) is 0 Å². The minimum absolute atomic E-state index is 0.241. The molecule has 2 rings (SSSR count). The van der Waals surface area contributed by atoms with Gasteiger partial charge in [-0.05, 0) is 43.5 Å². The molecule has 0 saturated heterocycles. The number of halogens is 2. The molecule has 2 aromatic rings. The minimum atomic E-state index is -1.25. The van der Waals surface area contributed by atoms with E-state index in [4.69, 9.17) is 11.6 Å². The average Bonchev–Trinajstić information content (AvgIpc) is 2.62. The molecule has 0 aliphatic carbocycles. The summed E-state index contributed by atoms with van der Waals surface area (Å²) in [6, 6.07) is 13.6. The summed E-state index contributed by atoms with van der Waals surface area (Å²) in [6.45, 7) is 3.59. The van der Waals surface area contributed by atoms with Crippen LogP contribution in [0, 0.1) is 11.2 Å². The van der Waals surface area contributed by atoms with Crippen molar-refractivity contribution in [2.24, 2.45) is 5.41 Å². The molecule has 0 unspecified atom stereocenters. The van der Waals surface area contributed by atoms with E-state index >= 15 is 0 Å². The second-order valence-corrected chi connectivity index (χ2v) is 6.90. The largest absolute Gasteiger partial charge is 0.355 e. The Bertz CT molecular complexity index is 793. The number of rotatable bonds is 7. The van der Waals surface area contributed by atoms with Gasteiger partial charge in [-0.1, -0.05) is 48.0 Å². The number of hydrogen-bond acceptors (Lipinski definition) is 2. The summed E-state index contributed by atoms with van der Waals surface area (Å²) >= 11 is 6.06. The normalized spacial score (nSPS) is 11.1. The fraction of sp³-hybridized carbons (Fsp3) is 0.300. The van der Waals surface area contributed by atoms with Gasteiger partial charge < -0.3 is 10.6 Å². The van der Waals surface area contributed by atoms with E-state index in [9.17, 15) is 14.0 Å². The van der Waals surface area contributed by atoms with E-state index in [1.54, 1.807) is 44.2 Å². The Hall–Kier alpha value is -2.40. The molecule has 2 N–H and O–H groups in total. The number of nitrogens with one attached hydrogen (secondary N) is 2. The predicted molar refractivity (Wildman–Crippen MR) is 100 cm³/mol. The van der Waals surface area contributed by atoms with Crippen LogP contribution in [-0.4, -0.2) is 18.4 Å². The molecule has 0 aromatic heterocycles. The van der Waals surface area contributed by atoms with Crippen LogP contribution in [-0.2, 0) is 22.6 Å². The highest BCUT2D eigenvalue weighted by molar-refractivity contribution is 6.31. The van der Waals surface area contributed by atoms with E-state index in [-0.39, 0.29) is 18.9 Å². The molecule has 26 heavy (non-hydrogen) atoms. The Morgan fingerprint density at radius 1 is 0.962 bits per heavy atom. The molecule has 0 spiro atoms. The van der Waals surface area contributed by atoms with Crippen molar-refractivity contribution in [3.05, 3.63) is 70.5 Å². The lowest BCUT2D eigenvalue weighted by Gasteiger charge is -2.23. The first kappa shape index (κ1) is 19.9. The molecule has 0 aliphatic rings. The summed E-state index contributed by atoms with van der Waals surface area (Å²) < 4.78 is 13.6. The summed E-state index contributed by atoms with van der Waals surface area (Å²) in [4.78, 5) is 24.8. The molecule has 4 nitrogen and oxygen atoms in total. The summed E-state index contributed by atoms with van der Waals surface area (Å²) in [7, 11) is 0. The lowest BCUT2D eigenvalue weighted by Crippen LogP contribution is -2.48. The molecule has 0 bridgehead atoms. The van der Waals surface area contributed by atoms with Gasteiger partial charge in [0.15, 0.2) is 0 Å². The van der Waals surface area contributed by atoms with Crippen LogP contribution >= 0.6 is 11.6 Å². The average molecular weight is 377 g/mol. The highest BCUT2D eigenvalue weighted by Crippen LogP contribution is 2.18. The lowest BCUT2D eigenvalue weighted by atomic mass is 9.91. The number of carbonyl (C=O) groups is 2. The van der Waals surface area contributed by atoms with E-state index in [0.29, 0.717) is 17.0 Å². The molecule has 0 radical (unpaired) electrons. The monoisotopic (exact) mass is 376 g/mol. The second-order valence-electron chi connectivity index (χ2n) is 6.50. The van der Waals surface area contributed by atoms with Gasteiger partial charge in [0.05, 0.1) is 0 Å². The van der Waals surface area contributed by atoms with Crippen LogP contribution in [0.3, 0.4) is 0 Å². The molecule has 6 heteroatoms. The zero-order valence-electron chi connectivity index (χ0n) is 14.8. The third-order valence-electron chi connectivity index (χ3n) is 4.17. The molecule has 2 amide bonds. The van der Waals surface area contributed by atoms with Crippen LogP contribution in [0.2, 0.25) is 5.02 Å².